The van der Waals surface area contributed by atoms with Gasteiger partial charge in [-0.1, -0.05) is 53.3 Å². The van der Waals surface area contributed by atoms with Crippen molar-refractivity contribution in [1.82, 2.24) is 19.9 Å². The summed E-state index contributed by atoms with van der Waals surface area (Å²) in [6.45, 7) is 2.55. The van der Waals surface area contributed by atoms with Gasteiger partial charge in [0.15, 0.2) is 5.82 Å². The first-order valence-electron chi connectivity index (χ1n) is 10.5. The molecule has 3 heterocycles. The predicted octanol–water partition coefficient (Wildman–Crippen LogP) is 1.70. The van der Waals surface area contributed by atoms with Crippen LogP contribution in [-0.2, 0) is 21.7 Å². The molecule has 0 bridgehead atoms. The number of aliphatic hydroxyl groups excluding tert-OH is 1. The van der Waals surface area contributed by atoms with E-state index in [-0.39, 0.29) is 6.61 Å². The lowest BCUT2D eigenvalue weighted by Crippen LogP contribution is -2.41. The van der Waals surface area contributed by atoms with Gasteiger partial charge in [-0.05, 0) is 5.56 Å². The van der Waals surface area contributed by atoms with Gasteiger partial charge in [0.1, 0.15) is 33.9 Å². The van der Waals surface area contributed by atoms with E-state index in [0.29, 0.717) is 61.3 Å². The van der Waals surface area contributed by atoms with Gasteiger partial charge in [-0.3, -0.25) is 0 Å². The number of nitrogens with zero attached hydrogens (tertiary/aromatic N) is 5. The summed E-state index contributed by atoms with van der Waals surface area (Å²) in [5, 5.41) is 12.8. The van der Waals surface area contributed by atoms with Gasteiger partial charge in [-0.15, -0.1) is 0 Å². The molecule has 0 radical (unpaired) electrons. The van der Waals surface area contributed by atoms with Crippen molar-refractivity contribution in [3.05, 3.63) is 42.2 Å². The van der Waals surface area contributed by atoms with E-state index in [2.05, 4.69) is 32.3 Å². The van der Waals surface area contributed by atoms with Crippen LogP contribution in [0.3, 0.4) is 0 Å². The lowest BCUT2D eigenvalue weighted by molar-refractivity contribution is 0.0991. The molecule has 1 saturated heterocycles. The van der Waals surface area contributed by atoms with Gasteiger partial charge in [0.2, 0.25) is 5.95 Å². The smallest absolute Gasteiger partial charge is 0.225 e. The van der Waals surface area contributed by atoms with E-state index >= 15 is 0 Å². The zero-order chi connectivity index (χ0) is 22.2. The molecule has 11 heteroatoms. The van der Waals surface area contributed by atoms with Crippen molar-refractivity contribution in [2.45, 2.75) is 10.8 Å². The Morgan fingerprint density at radius 1 is 1.09 bits per heavy atom. The van der Waals surface area contributed by atoms with Crippen LogP contribution in [-0.4, -0.2) is 80.6 Å². The van der Waals surface area contributed by atoms with Crippen molar-refractivity contribution < 1.29 is 14.4 Å². The Kier molecular flexibility index (Phi) is 8.35. The maximum atomic E-state index is 11.9. The standard InChI is InChI=1S/C21H26N6O3S2/c28-9-11-30-10-6-22-21-25-18-17(19(26-21)27-7-12-32(29)13-8-27)23-15-24-20(18)31-14-16-4-2-1-3-5-16/h1-5,15,28H,6-14H2,(H,22,25,26). The van der Waals surface area contributed by atoms with Gasteiger partial charge in [0, 0.05) is 12.3 Å². The number of benzene rings is 1. The summed E-state index contributed by atoms with van der Waals surface area (Å²) in [5.74, 6) is 3.21. The van der Waals surface area contributed by atoms with Crippen molar-refractivity contribution >= 4 is 45.7 Å². The van der Waals surface area contributed by atoms with Crippen molar-refractivity contribution in [2.24, 2.45) is 0 Å². The average molecular weight is 475 g/mol. The number of hydrogen-bond donors (Lipinski definition) is 2. The molecular formula is C21H26N6O3S2. The number of hydrogen-bond acceptors (Lipinski definition) is 10. The van der Waals surface area contributed by atoms with Crippen LogP contribution in [0.1, 0.15) is 5.56 Å². The molecule has 3 aromatic rings. The molecule has 9 nitrogen and oxygen atoms in total. The third-order valence-corrected chi connectivity index (χ3v) is 7.22. The van der Waals surface area contributed by atoms with E-state index in [0.717, 1.165) is 16.6 Å². The summed E-state index contributed by atoms with van der Waals surface area (Å²) < 4.78 is 17.2. The summed E-state index contributed by atoms with van der Waals surface area (Å²) in [7, 11) is 0. The number of nitrogens with one attached hydrogen (secondary N) is 1. The molecule has 1 fully saturated rings. The number of rotatable bonds is 10. The van der Waals surface area contributed by atoms with Gasteiger partial charge in [0.25, 0.3) is 0 Å². The molecule has 0 atom stereocenters. The SMILES string of the molecule is [O-][S+]1CCN(c2nc(NCCOCCO)nc3c(SCc4ccccc4)ncnc23)CC1. The zero-order valence-corrected chi connectivity index (χ0v) is 19.3. The molecule has 2 aromatic heterocycles. The van der Waals surface area contributed by atoms with Gasteiger partial charge >= 0.3 is 0 Å². The van der Waals surface area contributed by atoms with Crippen LogP contribution in [0.2, 0.25) is 0 Å². The largest absolute Gasteiger partial charge is 0.616 e. The maximum absolute atomic E-state index is 11.9. The Morgan fingerprint density at radius 3 is 2.69 bits per heavy atom. The number of anilines is 2. The summed E-state index contributed by atoms with van der Waals surface area (Å²) in [4.78, 5) is 20.6. The molecule has 32 heavy (non-hydrogen) atoms. The second kappa shape index (κ2) is 11.6. The number of ether oxygens (including phenoxy) is 1. The van der Waals surface area contributed by atoms with Crippen LogP contribution in [0.4, 0.5) is 11.8 Å². The molecule has 1 aliphatic rings. The molecule has 170 valence electrons. The maximum Gasteiger partial charge on any atom is 0.225 e. The average Bonchev–Trinajstić information content (AvgIpc) is 2.83. The first-order valence-corrected chi connectivity index (χ1v) is 12.9. The molecular weight excluding hydrogens is 448 g/mol. The van der Waals surface area contributed by atoms with Crippen LogP contribution >= 0.6 is 11.8 Å². The zero-order valence-electron chi connectivity index (χ0n) is 17.6. The minimum atomic E-state index is -0.785. The molecule has 1 aromatic carbocycles. The monoisotopic (exact) mass is 474 g/mol. The highest BCUT2D eigenvalue weighted by molar-refractivity contribution is 7.98. The fourth-order valence-electron chi connectivity index (χ4n) is 3.29. The Morgan fingerprint density at radius 2 is 1.91 bits per heavy atom. The molecule has 0 saturated carbocycles. The quantitative estimate of drug-likeness (QED) is 0.194. The van der Waals surface area contributed by atoms with Crippen molar-refractivity contribution in [1.29, 1.82) is 0 Å². The highest BCUT2D eigenvalue weighted by Crippen LogP contribution is 2.31. The van der Waals surface area contributed by atoms with Crippen molar-refractivity contribution in [2.75, 3.05) is 61.2 Å². The number of thioether (sulfide) groups is 1. The lowest BCUT2D eigenvalue weighted by atomic mass is 10.2. The molecule has 0 amide bonds. The highest BCUT2D eigenvalue weighted by Gasteiger charge is 2.24. The molecule has 0 aliphatic carbocycles. The lowest BCUT2D eigenvalue weighted by Gasteiger charge is -2.29. The molecule has 0 spiro atoms. The van der Waals surface area contributed by atoms with Crippen LogP contribution < -0.4 is 10.2 Å². The number of aliphatic hydroxyl groups is 1. The Hall–Kier alpha value is -2.18. The van der Waals surface area contributed by atoms with Gasteiger partial charge in [0.05, 0.1) is 32.9 Å². The normalized spacial score (nSPS) is 14.8. The molecule has 1 aliphatic heterocycles. The van der Waals surface area contributed by atoms with Gasteiger partial charge in [-0.25, -0.2) is 15.0 Å². The topological polar surface area (TPSA) is 119 Å². The van der Waals surface area contributed by atoms with Gasteiger partial charge in [-0.2, -0.15) is 4.98 Å². The van der Waals surface area contributed by atoms with Crippen LogP contribution in [0.15, 0.2) is 41.7 Å². The van der Waals surface area contributed by atoms with E-state index in [4.69, 9.17) is 19.8 Å². The molecule has 2 N–H and O–H groups in total. The Balaban J connectivity index is 1.62. The first-order chi connectivity index (χ1) is 15.7. The number of fused-ring (bicyclic) bond motifs is 1. The molecule has 4 rings (SSSR count). The third-order valence-electron chi connectivity index (χ3n) is 4.89. The van der Waals surface area contributed by atoms with E-state index in [1.54, 1.807) is 18.1 Å². The Labute approximate surface area is 194 Å². The molecule has 0 unspecified atom stereocenters. The summed E-state index contributed by atoms with van der Waals surface area (Å²) >= 11 is 0.829. The fraction of sp³-hybridized carbons (Fsp3) is 0.429. The van der Waals surface area contributed by atoms with Gasteiger partial charge < -0.3 is 24.6 Å². The fourth-order valence-corrected chi connectivity index (χ4v) is 5.24. The predicted molar refractivity (Wildman–Crippen MR) is 128 cm³/mol. The van der Waals surface area contributed by atoms with Crippen molar-refractivity contribution in [3.8, 4) is 0 Å². The summed E-state index contributed by atoms with van der Waals surface area (Å²) in [6, 6.07) is 10.2. The van der Waals surface area contributed by atoms with Crippen LogP contribution in [0.5, 0.6) is 0 Å². The van der Waals surface area contributed by atoms with Crippen LogP contribution in [0.25, 0.3) is 11.0 Å². The summed E-state index contributed by atoms with van der Waals surface area (Å²) in [6.07, 6.45) is 1.56. The first kappa shape index (κ1) is 23.0. The van der Waals surface area contributed by atoms with Crippen LogP contribution in [0, 0.1) is 0 Å². The second-order valence-electron chi connectivity index (χ2n) is 7.12. The second-order valence-corrected chi connectivity index (χ2v) is 9.78. The third kappa shape index (κ3) is 5.99. The van der Waals surface area contributed by atoms with E-state index in [1.165, 1.54) is 5.56 Å². The van der Waals surface area contributed by atoms with E-state index in [1.807, 2.05) is 18.2 Å². The van der Waals surface area contributed by atoms with E-state index < -0.39 is 11.2 Å². The highest BCUT2D eigenvalue weighted by atomic mass is 32.2. The number of aromatic nitrogens is 4. The van der Waals surface area contributed by atoms with E-state index in [9.17, 15) is 4.55 Å². The minimum absolute atomic E-state index is 0.00765. The Bertz CT molecular complexity index is 1010. The minimum Gasteiger partial charge on any atom is -0.616 e. The van der Waals surface area contributed by atoms with Crippen molar-refractivity contribution in [3.63, 3.8) is 0 Å². The summed E-state index contributed by atoms with van der Waals surface area (Å²) in [5.41, 5.74) is 2.60.